The molecule has 9 nitrogen and oxygen atoms in total. The van der Waals surface area contributed by atoms with Crippen molar-refractivity contribution < 1.29 is 61.7 Å². The van der Waals surface area contributed by atoms with E-state index in [0.717, 1.165) is 19.4 Å². The molecule has 0 aliphatic carbocycles. The van der Waals surface area contributed by atoms with Crippen LogP contribution >= 0.6 is 0 Å². The molecule has 1 aliphatic rings. The molecule has 1 saturated heterocycles. The van der Waals surface area contributed by atoms with E-state index in [2.05, 4.69) is 20.2 Å². The molecule has 0 aromatic carbocycles. The summed E-state index contributed by atoms with van der Waals surface area (Å²) in [6.45, 7) is 0.954. The van der Waals surface area contributed by atoms with Crippen LogP contribution in [0.3, 0.4) is 0 Å². The first-order valence-corrected chi connectivity index (χ1v) is 10.3. The summed E-state index contributed by atoms with van der Waals surface area (Å²) in [6, 6.07) is 0. The van der Waals surface area contributed by atoms with Crippen LogP contribution in [0.5, 0.6) is 5.88 Å². The van der Waals surface area contributed by atoms with Gasteiger partial charge in [0.15, 0.2) is 0 Å². The second-order valence-electron chi connectivity index (χ2n) is 5.68. The van der Waals surface area contributed by atoms with Crippen LogP contribution in [-0.4, -0.2) is 60.5 Å². The molecule has 3 rings (SSSR count). The quantitative estimate of drug-likeness (QED) is 0.135. The third-order valence-corrected chi connectivity index (χ3v) is 5.10. The summed E-state index contributed by atoms with van der Waals surface area (Å²) in [5, 5.41) is 36.7. The van der Waals surface area contributed by atoms with Gasteiger partial charge in [-0.3, -0.25) is 0 Å². The van der Waals surface area contributed by atoms with E-state index in [-0.39, 0.29) is 47.5 Å². The molecule has 1 aliphatic heterocycles. The zero-order valence-electron chi connectivity index (χ0n) is 13.1. The number of alkyl halides is 1. The summed E-state index contributed by atoms with van der Waals surface area (Å²) < 4.78 is 5.62. The first-order chi connectivity index (χ1) is 10.9. The fraction of sp³-hybridized carbons (Fsp3) is 0.615. The molecular formula is C13H18IN5O4Re-2. The number of anilines is 1. The minimum Gasteiger partial charge on any atom is 0 e. The molecule has 1 atom stereocenters. The number of halogens is 1. The van der Waals surface area contributed by atoms with Crippen LogP contribution in [0.2, 0.25) is 0 Å². The molecule has 1 radical (unpaired) electrons. The van der Waals surface area contributed by atoms with Gasteiger partial charge in [0.25, 0.3) is 0 Å². The van der Waals surface area contributed by atoms with Crippen molar-refractivity contribution in [3.05, 3.63) is 3.83 Å². The second-order valence-corrected chi connectivity index (χ2v) is 7.72. The number of β-amino-alcohol motifs (C(OH)–C–C–N with tert-alkyl or cyclic N) is 1. The van der Waals surface area contributed by atoms with Crippen molar-refractivity contribution in [3.63, 3.8) is 0 Å². The first-order valence-electron chi connectivity index (χ1n) is 7.10. The van der Waals surface area contributed by atoms with Crippen LogP contribution < -0.4 is 35.9 Å². The molecule has 0 spiro atoms. The van der Waals surface area contributed by atoms with Crippen LogP contribution in [0.15, 0.2) is 0 Å². The number of fused-ring (bicyclic) bond motifs is 1. The molecule has 11 heteroatoms. The largest absolute Gasteiger partial charge is 0 e. The average molecular weight is 621 g/mol. The van der Waals surface area contributed by atoms with E-state index >= 15 is 0 Å². The standard InChI is InChI=1S/C13H18IN5O4.Re/c1-13(22)4-3-5-19(6-13)9-7-8(15-11(14-2)16-9)17-18-10(7)23-12(20)21;/h12,20-22H,3-6H2,1-2H3;/q-2;/t13-;/m0./s1. The summed E-state index contributed by atoms with van der Waals surface area (Å²) in [7, 11) is 0. The van der Waals surface area contributed by atoms with Crippen LogP contribution in [-0.2, 0) is 20.4 Å². The van der Waals surface area contributed by atoms with Gasteiger partial charge in [0.2, 0.25) is 0 Å². The Bertz CT molecular complexity index is 711. The van der Waals surface area contributed by atoms with Crippen LogP contribution in [0.1, 0.15) is 19.8 Å². The van der Waals surface area contributed by atoms with Crippen molar-refractivity contribution in [2.45, 2.75) is 31.8 Å². The van der Waals surface area contributed by atoms with Crippen molar-refractivity contribution in [1.29, 1.82) is 0 Å². The molecule has 0 unspecified atom stereocenters. The minimum atomic E-state index is -1.99. The normalized spacial score (nSPS) is 21.3. The number of aromatic nitrogens is 4. The average Bonchev–Trinajstić information content (AvgIpc) is 2.87. The smallest absolute Gasteiger partial charge is 0 e. The van der Waals surface area contributed by atoms with Crippen molar-refractivity contribution in [2.24, 2.45) is 0 Å². The predicted octanol–water partition coefficient (Wildman–Crippen LogP) is -4.13. The number of hydrogen-bond acceptors (Lipinski definition) is 8. The van der Waals surface area contributed by atoms with Gasteiger partial charge < -0.3 is 0 Å². The molecule has 1 fully saturated rings. The Hall–Kier alpha value is -0.578. The summed E-state index contributed by atoms with van der Waals surface area (Å²) in [5.41, 5.74) is -0.436. The fourth-order valence-corrected chi connectivity index (χ4v) is 3.65. The fourth-order valence-electron chi connectivity index (χ4n) is 2.71. The van der Waals surface area contributed by atoms with Crippen LogP contribution in [0.4, 0.5) is 5.82 Å². The van der Waals surface area contributed by atoms with Gasteiger partial charge in [-0.1, -0.05) is 0 Å². The zero-order chi connectivity index (χ0) is 16.6. The maximum Gasteiger partial charge on any atom is 0 e. The monoisotopic (exact) mass is 622 g/mol. The van der Waals surface area contributed by atoms with Crippen LogP contribution in [0, 0.1) is 3.83 Å². The Morgan fingerprint density at radius 2 is 2.12 bits per heavy atom. The summed E-state index contributed by atoms with van der Waals surface area (Å²) >= 11 is -0.356. The molecule has 0 amide bonds. The molecule has 135 valence electrons. The molecule has 0 bridgehead atoms. The molecule has 3 N–H and O–H groups in total. The Morgan fingerprint density at radius 3 is 2.75 bits per heavy atom. The Morgan fingerprint density at radius 1 is 1.38 bits per heavy atom. The van der Waals surface area contributed by atoms with Gasteiger partial charge in [0.1, 0.15) is 0 Å². The van der Waals surface area contributed by atoms with Crippen molar-refractivity contribution in [1.82, 2.24) is 20.2 Å². The molecule has 24 heavy (non-hydrogen) atoms. The van der Waals surface area contributed by atoms with E-state index in [9.17, 15) is 5.11 Å². The number of aliphatic hydroxyl groups is 3. The third-order valence-electron chi connectivity index (χ3n) is 3.65. The van der Waals surface area contributed by atoms with E-state index in [1.807, 2.05) is 9.83 Å². The van der Waals surface area contributed by atoms with Gasteiger partial charge in [-0.15, -0.1) is 0 Å². The summed E-state index contributed by atoms with van der Waals surface area (Å²) in [6.07, 6.45) is 1.55. The van der Waals surface area contributed by atoms with Gasteiger partial charge in [0.05, 0.1) is 0 Å². The Labute approximate surface area is 162 Å². The first kappa shape index (κ1) is 19.7. The molecule has 0 saturated carbocycles. The van der Waals surface area contributed by atoms with E-state index in [4.69, 9.17) is 14.9 Å². The summed E-state index contributed by atoms with van der Waals surface area (Å²) in [4.78, 5) is 12.9. The van der Waals surface area contributed by atoms with Crippen molar-refractivity contribution in [3.8, 4) is 5.88 Å². The number of nitrogens with zero attached hydrogens (tertiary/aromatic N) is 5. The van der Waals surface area contributed by atoms with E-state index < -0.39 is 12.1 Å². The Balaban J connectivity index is 0.00000208. The number of ether oxygens (including phenoxy) is 1. The van der Waals surface area contributed by atoms with Gasteiger partial charge >= 0.3 is 143 Å². The van der Waals surface area contributed by atoms with E-state index in [1.165, 1.54) is 0 Å². The predicted molar refractivity (Wildman–Crippen MR) is 76.2 cm³/mol. The van der Waals surface area contributed by atoms with Crippen molar-refractivity contribution in [2.75, 3.05) is 22.9 Å². The Kier molecular flexibility index (Phi) is 6.38. The molecule has 3 heterocycles. The zero-order valence-corrected chi connectivity index (χ0v) is 18.0. The number of hydrogen-bond donors (Lipinski definition) is 3. The van der Waals surface area contributed by atoms with Gasteiger partial charge in [0, 0.05) is 20.4 Å². The van der Waals surface area contributed by atoms with E-state index in [1.54, 1.807) is 6.92 Å². The van der Waals surface area contributed by atoms with Crippen LogP contribution in [0.25, 0.3) is 11.0 Å². The van der Waals surface area contributed by atoms with Crippen molar-refractivity contribution >= 4 is 16.9 Å². The topological polar surface area (TPSA) is 126 Å². The number of piperidine rings is 1. The maximum absolute atomic E-state index is 10.3. The number of aliphatic hydroxyl groups excluding tert-OH is 1. The molecule has 2 aromatic heterocycles. The third kappa shape index (κ3) is 4.15. The molecular weight excluding hydrogens is 603 g/mol. The number of rotatable bonds is 4. The maximum atomic E-state index is 10.3. The van der Waals surface area contributed by atoms with Gasteiger partial charge in [-0.05, 0) is 0 Å². The second kappa shape index (κ2) is 7.76. The molecule has 2 aromatic rings. The van der Waals surface area contributed by atoms with E-state index in [0.29, 0.717) is 27.2 Å². The van der Waals surface area contributed by atoms with Gasteiger partial charge in [-0.2, -0.15) is 0 Å². The van der Waals surface area contributed by atoms with Gasteiger partial charge in [-0.25, -0.2) is 0 Å². The minimum absolute atomic E-state index is 0. The summed E-state index contributed by atoms with van der Waals surface area (Å²) in [5.74, 6) is 0.559. The SMILES string of the molecule is C[I-]c1nc(N2CCC[C@](C)(O)C2)c2c(OC(O)O)n[n-]c2n1.[Re].